The van der Waals surface area contributed by atoms with E-state index in [1.165, 1.54) is 14.8 Å². The predicted octanol–water partition coefficient (Wildman–Crippen LogP) is 3.57. The van der Waals surface area contributed by atoms with Crippen molar-refractivity contribution in [3.63, 3.8) is 0 Å². The molecule has 0 N–H and O–H groups in total. The first-order valence-corrected chi connectivity index (χ1v) is 9.21. The van der Waals surface area contributed by atoms with Crippen molar-refractivity contribution in [2.45, 2.75) is 0 Å². The van der Waals surface area contributed by atoms with E-state index < -0.39 is 0 Å². The third kappa shape index (κ3) is 3.59. The second-order valence-corrected chi connectivity index (χ2v) is 5.96. The molecule has 0 nitrogen and oxygen atoms in total. The lowest BCUT2D eigenvalue weighted by Gasteiger charge is -2.02. The Morgan fingerprint density at radius 1 is 0.733 bits per heavy atom. The van der Waals surface area contributed by atoms with Crippen LogP contribution in [-0.4, -0.2) is 18.2 Å². The summed E-state index contributed by atoms with van der Waals surface area (Å²) >= 11 is 3.39. The second kappa shape index (κ2) is 6.69. The summed E-state index contributed by atoms with van der Waals surface area (Å²) in [5, 5.41) is 0. The number of hydrogen-bond acceptors (Lipinski definition) is 0. The zero-order valence-corrected chi connectivity index (χ0v) is 12.9. The van der Waals surface area contributed by atoms with Gasteiger partial charge in [-0.25, -0.2) is 0 Å². The van der Waals surface area contributed by atoms with Gasteiger partial charge in [-0.15, -0.1) is 17.0 Å². The highest BCUT2D eigenvalue weighted by Crippen LogP contribution is 2.16. The highest BCUT2D eigenvalue weighted by molar-refractivity contribution is 9.23. The van der Waals surface area contributed by atoms with E-state index in [1.807, 2.05) is 6.07 Å². The summed E-state index contributed by atoms with van der Waals surface area (Å²) in [6.07, 6.45) is 0. The van der Waals surface area contributed by atoms with Crippen LogP contribution in [0, 0.1) is 0 Å². The van der Waals surface area contributed by atoms with Crippen LogP contribution < -0.4 is 3.69 Å². The Bertz CT molecular complexity index is 398. The fraction of sp³-hybridized carbons (Fsp3) is 0. The molecule has 0 saturated heterocycles. The van der Waals surface area contributed by atoms with E-state index >= 15 is 0 Å². The van der Waals surface area contributed by atoms with Crippen molar-refractivity contribution in [2.75, 3.05) is 0 Å². The van der Waals surface area contributed by atoms with Gasteiger partial charge in [0.25, 0.3) is 0 Å². The number of halogens is 2. The molecule has 0 atom stereocenters. The first-order valence-electron chi connectivity index (χ1n) is 4.60. The Balaban J connectivity index is 0.00000112. The standard InChI is InChI=1S/C12H9.2BrH.Mg/c1-3-7-11(8-4-1)12-9-5-2-6-10-12;;;/h1,3-10H;2*1H;/q;;;+1/p-1. The molecule has 0 saturated carbocycles. The van der Waals surface area contributed by atoms with Crippen LogP contribution in [-0.2, 0) is 0 Å². The van der Waals surface area contributed by atoms with Crippen LogP contribution in [0.5, 0.6) is 0 Å². The molecule has 0 aliphatic heterocycles. The summed E-state index contributed by atoms with van der Waals surface area (Å²) in [5.41, 5.74) is 2.58. The minimum absolute atomic E-state index is 0. The summed E-state index contributed by atoms with van der Waals surface area (Å²) in [6, 6.07) is 19.3. The lowest BCUT2D eigenvalue weighted by molar-refractivity contribution is 1.64. The summed E-state index contributed by atoms with van der Waals surface area (Å²) in [5.74, 6) is 0. The lowest BCUT2D eigenvalue weighted by Crippen LogP contribution is -2.06. The van der Waals surface area contributed by atoms with Crippen LogP contribution in [0.25, 0.3) is 11.1 Å². The minimum Gasteiger partial charge on any atom is -0.296 e. The van der Waals surface area contributed by atoms with Gasteiger partial charge in [0.15, 0.2) is 0 Å². The van der Waals surface area contributed by atoms with Gasteiger partial charge in [-0.05, 0) is 11.1 Å². The molecule has 15 heavy (non-hydrogen) atoms. The van der Waals surface area contributed by atoms with Gasteiger partial charge in [0.05, 0.1) is 0 Å². The van der Waals surface area contributed by atoms with Crippen LogP contribution >= 0.6 is 29.9 Å². The molecule has 0 spiro atoms. The van der Waals surface area contributed by atoms with Crippen LogP contribution in [0.1, 0.15) is 0 Å². The fourth-order valence-corrected chi connectivity index (χ4v) is 2.95. The molecule has 74 valence electrons. The van der Waals surface area contributed by atoms with Crippen molar-refractivity contribution in [2.24, 2.45) is 0 Å². The van der Waals surface area contributed by atoms with Gasteiger partial charge in [0.2, 0.25) is 0 Å². The number of hydrogen-bond donors (Lipinski definition) is 0. The van der Waals surface area contributed by atoms with Gasteiger partial charge >= 0.3 is 18.2 Å². The molecule has 0 aromatic heterocycles. The predicted molar refractivity (Wildman–Crippen MR) is 76.5 cm³/mol. The lowest BCUT2D eigenvalue weighted by atomic mass is 10.1. The average molecular weight is 338 g/mol. The minimum atomic E-state index is -0.192. The zero-order chi connectivity index (χ0) is 9.80. The largest absolute Gasteiger partial charge is 0.506 e. The first-order chi connectivity index (χ1) is 6.90. The number of rotatable bonds is 2. The summed E-state index contributed by atoms with van der Waals surface area (Å²) in [6.45, 7) is 0. The summed E-state index contributed by atoms with van der Waals surface area (Å²) in [4.78, 5) is 0. The quantitative estimate of drug-likeness (QED) is 0.735. The van der Waals surface area contributed by atoms with E-state index in [0.717, 1.165) is 0 Å². The highest BCUT2D eigenvalue weighted by Gasteiger charge is 1.97. The molecule has 2 aromatic rings. The normalized spacial score (nSPS) is 8.87. The summed E-state index contributed by atoms with van der Waals surface area (Å²) < 4.78 is 1.45. The van der Waals surface area contributed by atoms with Gasteiger partial charge in [0.1, 0.15) is 0 Å². The molecule has 0 aliphatic rings. The SMILES string of the molecule is Br.[Br][Mg][c]1ccc(-c2ccccc2)cc1. The maximum absolute atomic E-state index is 3.58. The van der Waals surface area contributed by atoms with Crippen LogP contribution in [0.15, 0.2) is 54.6 Å². The van der Waals surface area contributed by atoms with Crippen LogP contribution in [0.2, 0.25) is 0 Å². The Morgan fingerprint density at radius 2 is 1.27 bits per heavy atom. The Morgan fingerprint density at radius 3 is 1.80 bits per heavy atom. The molecule has 0 unspecified atom stereocenters. The molecule has 0 amide bonds. The van der Waals surface area contributed by atoms with E-state index in [1.54, 1.807) is 0 Å². The zero-order valence-electron chi connectivity index (χ0n) is 8.19. The van der Waals surface area contributed by atoms with Crippen LogP contribution in [0.4, 0.5) is 0 Å². The smallest absolute Gasteiger partial charge is 0.296 e. The molecule has 2 rings (SSSR count). The topological polar surface area (TPSA) is 0 Å². The van der Waals surface area contributed by atoms with E-state index in [0.29, 0.717) is 0 Å². The summed E-state index contributed by atoms with van der Waals surface area (Å²) in [7, 11) is 0. The van der Waals surface area contributed by atoms with Crippen molar-refractivity contribution in [1.82, 2.24) is 0 Å². The molecular formula is C12H10Br2Mg. The number of benzene rings is 2. The van der Waals surface area contributed by atoms with E-state index in [9.17, 15) is 0 Å². The monoisotopic (exact) mass is 336 g/mol. The van der Waals surface area contributed by atoms with Gasteiger partial charge < -0.3 is 0 Å². The molecule has 2 aromatic carbocycles. The van der Waals surface area contributed by atoms with Gasteiger partial charge in [-0.2, -0.15) is 3.69 Å². The van der Waals surface area contributed by atoms with Crippen molar-refractivity contribution in [3.8, 4) is 11.1 Å². The van der Waals surface area contributed by atoms with E-state index in [4.69, 9.17) is 0 Å². The van der Waals surface area contributed by atoms with E-state index in [-0.39, 0.29) is 35.2 Å². The van der Waals surface area contributed by atoms with Crippen molar-refractivity contribution in [1.29, 1.82) is 0 Å². The fourth-order valence-electron chi connectivity index (χ4n) is 1.42. The van der Waals surface area contributed by atoms with Gasteiger partial charge in [0, 0.05) is 0 Å². The third-order valence-corrected chi connectivity index (χ3v) is 4.94. The molecule has 0 bridgehead atoms. The maximum Gasteiger partial charge on any atom is 0.506 e. The van der Waals surface area contributed by atoms with Crippen LogP contribution in [0.3, 0.4) is 0 Å². The Labute approximate surface area is 116 Å². The van der Waals surface area contributed by atoms with Crippen molar-refractivity contribution in [3.05, 3.63) is 54.6 Å². The molecule has 0 radical (unpaired) electrons. The van der Waals surface area contributed by atoms with Crippen molar-refractivity contribution >= 4 is 51.8 Å². The molecular weight excluding hydrogens is 328 g/mol. The molecule has 0 aliphatic carbocycles. The molecule has 0 heterocycles. The first kappa shape index (κ1) is 13.2. The van der Waals surface area contributed by atoms with Gasteiger partial charge in [-0.1, -0.05) is 54.6 Å². The van der Waals surface area contributed by atoms with Crippen molar-refractivity contribution < 1.29 is 0 Å². The maximum atomic E-state index is 3.58. The van der Waals surface area contributed by atoms with Gasteiger partial charge in [-0.3, -0.25) is 12.9 Å². The highest BCUT2D eigenvalue weighted by atomic mass is 79.9. The Hall–Kier alpha value is 0.166. The second-order valence-electron chi connectivity index (χ2n) is 3.20. The average Bonchev–Trinajstić information content (AvgIpc) is 2.30. The molecule has 0 fully saturated rings. The Kier molecular flexibility index (Phi) is 5.90. The molecule has 3 heteroatoms. The third-order valence-electron chi connectivity index (χ3n) is 2.22. The van der Waals surface area contributed by atoms with E-state index in [2.05, 4.69) is 61.4 Å².